The summed E-state index contributed by atoms with van der Waals surface area (Å²) in [7, 11) is 1.58. The third-order valence-corrected chi connectivity index (χ3v) is 3.21. The van der Waals surface area contributed by atoms with Crippen molar-refractivity contribution in [1.82, 2.24) is 0 Å². The van der Waals surface area contributed by atoms with Gasteiger partial charge in [-0.3, -0.25) is 4.79 Å². The minimum atomic E-state index is -0.645. The minimum Gasteiger partial charge on any atom is -0.497 e. The molecule has 0 spiro atoms. The molecule has 0 saturated heterocycles. The molecule has 5 nitrogen and oxygen atoms in total. The zero-order valence-electron chi connectivity index (χ0n) is 13.8. The van der Waals surface area contributed by atoms with Gasteiger partial charge in [0.2, 0.25) is 0 Å². The maximum absolute atomic E-state index is 12.2. The molecule has 0 fully saturated rings. The molecule has 126 valence electrons. The van der Waals surface area contributed by atoms with Gasteiger partial charge in [-0.05, 0) is 43.3 Å². The number of hydrogen-bond acceptors (Lipinski definition) is 4. The van der Waals surface area contributed by atoms with E-state index >= 15 is 0 Å². The molecule has 0 heterocycles. The first-order valence-electron chi connectivity index (χ1n) is 7.57. The number of ether oxygens (including phenoxy) is 3. The fourth-order valence-electron chi connectivity index (χ4n) is 1.97. The smallest absolute Gasteiger partial charge is 0.265 e. The molecule has 0 saturated carbocycles. The van der Waals surface area contributed by atoms with Gasteiger partial charge in [0.05, 0.1) is 7.11 Å². The second-order valence-electron chi connectivity index (χ2n) is 5.05. The van der Waals surface area contributed by atoms with Crippen molar-refractivity contribution in [3.05, 3.63) is 61.2 Å². The lowest BCUT2D eigenvalue weighted by molar-refractivity contribution is -0.122. The van der Waals surface area contributed by atoms with Crippen LogP contribution in [-0.4, -0.2) is 25.7 Å². The predicted molar refractivity (Wildman–Crippen MR) is 93.8 cm³/mol. The van der Waals surface area contributed by atoms with Crippen molar-refractivity contribution < 1.29 is 19.0 Å². The summed E-state index contributed by atoms with van der Waals surface area (Å²) in [6, 6.07) is 14.2. The van der Waals surface area contributed by atoms with E-state index < -0.39 is 6.10 Å². The summed E-state index contributed by atoms with van der Waals surface area (Å²) in [6.07, 6.45) is 1.03. The van der Waals surface area contributed by atoms with Crippen molar-refractivity contribution in [2.75, 3.05) is 19.0 Å². The van der Waals surface area contributed by atoms with Gasteiger partial charge in [0.1, 0.15) is 23.9 Å². The quantitative estimate of drug-likeness (QED) is 0.752. The van der Waals surface area contributed by atoms with Gasteiger partial charge in [0.25, 0.3) is 5.91 Å². The van der Waals surface area contributed by atoms with Crippen LogP contribution < -0.4 is 19.5 Å². The first kappa shape index (κ1) is 17.4. The van der Waals surface area contributed by atoms with Crippen LogP contribution in [0.3, 0.4) is 0 Å². The highest BCUT2D eigenvalue weighted by Gasteiger charge is 2.15. The van der Waals surface area contributed by atoms with E-state index in [9.17, 15) is 4.79 Å². The molecule has 1 atom stereocenters. The lowest BCUT2D eigenvalue weighted by Gasteiger charge is -2.15. The Morgan fingerprint density at radius 2 is 1.88 bits per heavy atom. The molecule has 2 aromatic carbocycles. The van der Waals surface area contributed by atoms with Crippen LogP contribution in [0.25, 0.3) is 0 Å². The second kappa shape index (κ2) is 8.62. The normalized spacial score (nSPS) is 11.2. The van der Waals surface area contributed by atoms with Crippen LogP contribution in [0, 0.1) is 0 Å². The van der Waals surface area contributed by atoms with E-state index in [0.717, 1.165) is 0 Å². The molecular formula is C19H21NO4. The number of carbonyl (C=O) groups excluding carboxylic acids is 1. The number of carbonyl (C=O) groups is 1. The van der Waals surface area contributed by atoms with Gasteiger partial charge in [0, 0.05) is 11.8 Å². The molecule has 0 unspecified atom stereocenters. The molecular weight excluding hydrogens is 306 g/mol. The number of nitrogens with one attached hydrogen (secondary N) is 1. The summed E-state index contributed by atoms with van der Waals surface area (Å²) in [5.41, 5.74) is 0.673. The molecule has 2 aromatic rings. The molecule has 0 bridgehead atoms. The molecule has 0 radical (unpaired) electrons. The number of hydrogen-bond donors (Lipinski definition) is 1. The highest BCUT2D eigenvalue weighted by atomic mass is 16.5. The maximum Gasteiger partial charge on any atom is 0.265 e. The number of rotatable bonds is 8. The van der Waals surface area contributed by atoms with Crippen LogP contribution in [0.5, 0.6) is 17.2 Å². The Morgan fingerprint density at radius 3 is 2.54 bits per heavy atom. The lowest BCUT2D eigenvalue weighted by Crippen LogP contribution is -2.30. The van der Waals surface area contributed by atoms with Crippen molar-refractivity contribution in [3.8, 4) is 17.2 Å². The van der Waals surface area contributed by atoms with Crippen molar-refractivity contribution in [1.29, 1.82) is 0 Å². The standard InChI is InChI=1S/C19H21NO4/c1-4-12-23-16-10-8-15(9-11-16)20-19(21)14(2)24-18-7-5-6-17(13-18)22-3/h4-11,13-14H,1,12H2,2-3H3,(H,20,21)/t14-/m1/s1. The van der Waals surface area contributed by atoms with E-state index in [1.165, 1.54) is 0 Å². The minimum absolute atomic E-state index is 0.238. The summed E-state index contributed by atoms with van der Waals surface area (Å²) >= 11 is 0. The predicted octanol–water partition coefficient (Wildman–Crippen LogP) is 3.67. The van der Waals surface area contributed by atoms with Gasteiger partial charge in [-0.15, -0.1) is 0 Å². The molecule has 0 aliphatic rings. The van der Waals surface area contributed by atoms with Crippen molar-refractivity contribution in [3.63, 3.8) is 0 Å². The van der Waals surface area contributed by atoms with Crippen LogP contribution in [0.4, 0.5) is 5.69 Å². The number of benzene rings is 2. The van der Waals surface area contributed by atoms with Gasteiger partial charge >= 0.3 is 0 Å². The Morgan fingerprint density at radius 1 is 1.17 bits per heavy atom. The molecule has 0 aromatic heterocycles. The molecule has 0 aliphatic carbocycles. The van der Waals surface area contributed by atoms with Crippen LogP contribution in [0.15, 0.2) is 61.2 Å². The zero-order chi connectivity index (χ0) is 17.4. The van der Waals surface area contributed by atoms with E-state index in [0.29, 0.717) is 29.5 Å². The summed E-state index contributed by atoms with van der Waals surface area (Å²) in [5, 5.41) is 2.80. The molecule has 24 heavy (non-hydrogen) atoms. The Labute approximate surface area is 141 Å². The number of amides is 1. The van der Waals surface area contributed by atoms with Crippen molar-refractivity contribution in [2.45, 2.75) is 13.0 Å². The van der Waals surface area contributed by atoms with Crippen molar-refractivity contribution in [2.24, 2.45) is 0 Å². The Kier molecular flexibility index (Phi) is 6.25. The molecule has 2 rings (SSSR count). The average Bonchev–Trinajstić information content (AvgIpc) is 2.61. The van der Waals surface area contributed by atoms with Crippen LogP contribution >= 0.6 is 0 Å². The largest absolute Gasteiger partial charge is 0.497 e. The van der Waals surface area contributed by atoms with Crippen LogP contribution in [-0.2, 0) is 4.79 Å². The fraction of sp³-hybridized carbons (Fsp3) is 0.211. The van der Waals surface area contributed by atoms with Gasteiger partial charge in [-0.1, -0.05) is 18.7 Å². The van der Waals surface area contributed by atoms with Crippen molar-refractivity contribution >= 4 is 11.6 Å². The van der Waals surface area contributed by atoms with E-state index in [1.807, 2.05) is 6.07 Å². The average molecular weight is 327 g/mol. The summed E-state index contributed by atoms with van der Waals surface area (Å²) in [6.45, 7) is 5.73. The number of methoxy groups -OCH3 is 1. The molecule has 0 aliphatic heterocycles. The maximum atomic E-state index is 12.2. The van der Waals surface area contributed by atoms with Gasteiger partial charge in [0.15, 0.2) is 6.10 Å². The number of anilines is 1. The summed E-state index contributed by atoms with van der Waals surface area (Å²) < 4.78 is 16.2. The van der Waals surface area contributed by atoms with Gasteiger partial charge in [-0.25, -0.2) is 0 Å². The highest BCUT2D eigenvalue weighted by molar-refractivity contribution is 5.94. The van der Waals surface area contributed by atoms with Gasteiger partial charge in [-0.2, -0.15) is 0 Å². The van der Waals surface area contributed by atoms with E-state index in [-0.39, 0.29) is 5.91 Å². The summed E-state index contributed by atoms with van der Waals surface area (Å²) in [4.78, 5) is 12.2. The SMILES string of the molecule is C=CCOc1ccc(NC(=O)[C@@H](C)Oc2cccc(OC)c2)cc1. The molecule has 5 heteroatoms. The molecule has 1 amide bonds. The zero-order valence-corrected chi connectivity index (χ0v) is 13.8. The first-order valence-corrected chi connectivity index (χ1v) is 7.57. The summed E-state index contributed by atoms with van der Waals surface area (Å²) in [5.74, 6) is 1.73. The topological polar surface area (TPSA) is 56.8 Å². The van der Waals surface area contributed by atoms with Crippen LogP contribution in [0.2, 0.25) is 0 Å². The van der Waals surface area contributed by atoms with Gasteiger partial charge < -0.3 is 19.5 Å². The van der Waals surface area contributed by atoms with E-state index in [1.54, 1.807) is 62.6 Å². The third kappa shape index (κ3) is 5.05. The Hall–Kier alpha value is -2.95. The first-order chi connectivity index (χ1) is 11.6. The monoisotopic (exact) mass is 327 g/mol. The lowest BCUT2D eigenvalue weighted by atomic mass is 10.2. The van der Waals surface area contributed by atoms with E-state index in [4.69, 9.17) is 14.2 Å². The van der Waals surface area contributed by atoms with E-state index in [2.05, 4.69) is 11.9 Å². The molecule has 1 N–H and O–H groups in total. The second-order valence-corrected chi connectivity index (χ2v) is 5.05. The Bertz CT molecular complexity index is 682. The third-order valence-electron chi connectivity index (χ3n) is 3.21. The van der Waals surface area contributed by atoms with Crippen LogP contribution in [0.1, 0.15) is 6.92 Å². The fourth-order valence-corrected chi connectivity index (χ4v) is 1.97. The Balaban J connectivity index is 1.92. The highest BCUT2D eigenvalue weighted by Crippen LogP contribution is 2.21.